The number of nitrogens with zero attached hydrogens (tertiary/aromatic N) is 2. The zero-order valence-corrected chi connectivity index (χ0v) is 17.7. The molecule has 2 aromatic rings. The van der Waals surface area contributed by atoms with Crippen molar-refractivity contribution in [2.45, 2.75) is 17.7 Å². The lowest BCUT2D eigenvalue weighted by Crippen LogP contribution is -2.37. The SMILES string of the molecule is O=C(Cc1ccc(Cl)cc1)N=C1S[C@H]2CS(=O)(=O)C[C@H]2N1c1cccc(Cl)c1. The average Bonchev–Trinajstić information content (AvgIpc) is 3.07. The normalized spacial score (nSPS) is 24.5. The lowest BCUT2D eigenvalue weighted by molar-refractivity contribution is -0.117. The van der Waals surface area contributed by atoms with E-state index in [0.29, 0.717) is 15.2 Å². The summed E-state index contributed by atoms with van der Waals surface area (Å²) >= 11 is 13.4. The number of hydrogen-bond acceptors (Lipinski definition) is 4. The number of thioether (sulfide) groups is 1. The van der Waals surface area contributed by atoms with E-state index in [4.69, 9.17) is 23.2 Å². The van der Waals surface area contributed by atoms with Crippen LogP contribution in [0.2, 0.25) is 10.0 Å². The zero-order valence-electron chi connectivity index (χ0n) is 14.6. The molecule has 1 amide bonds. The highest BCUT2D eigenvalue weighted by Crippen LogP contribution is 2.41. The summed E-state index contributed by atoms with van der Waals surface area (Å²) in [7, 11) is -3.11. The highest BCUT2D eigenvalue weighted by Gasteiger charge is 2.49. The summed E-state index contributed by atoms with van der Waals surface area (Å²) in [6.07, 6.45) is 0.151. The molecule has 5 nitrogen and oxygen atoms in total. The second kappa shape index (κ2) is 7.71. The van der Waals surface area contributed by atoms with Gasteiger partial charge in [-0.15, -0.1) is 0 Å². The van der Waals surface area contributed by atoms with Crippen LogP contribution in [0, 0.1) is 0 Å². The average molecular weight is 455 g/mol. The van der Waals surface area contributed by atoms with E-state index in [1.54, 1.807) is 42.5 Å². The Kier molecular flexibility index (Phi) is 5.44. The van der Waals surface area contributed by atoms with Gasteiger partial charge in [0.25, 0.3) is 5.91 Å². The molecule has 0 radical (unpaired) electrons. The molecule has 0 N–H and O–H groups in total. The number of rotatable bonds is 3. The van der Waals surface area contributed by atoms with Crippen LogP contribution in [0.15, 0.2) is 53.5 Å². The van der Waals surface area contributed by atoms with Crippen molar-refractivity contribution in [3.63, 3.8) is 0 Å². The van der Waals surface area contributed by atoms with Crippen LogP contribution in [0.25, 0.3) is 0 Å². The molecule has 28 heavy (non-hydrogen) atoms. The number of carbonyl (C=O) groups excluding carboxylic acids is 1. The summed E-state index contributed by atoms with van der Waals surface area (Å²) in [4.78, 5) is 18.7. The summed E-state index contributed by atoms with van der Waals surface area (Å²) < 4.78 is 24.2. The maximum absolute atomic E-state index is 12.5. The van der Waals surface area contributed by atoms with Crippen LogP contribution in [0.3, 0.4) is 0 Å². The van der Waals surface area contributed by atoms with Gasteiger partial charge in [-0.1, -0.05) is 53.2 Å². The van der Waals surface area contributed by atoms with Crippen LogP contribution in [-0.4, -0.2) is 42.3 Å². The summed E-state index contributed by atoms with van der Waals surface area (Å²) in [5.41, 5.74) is 1.56. The standard InChI is InChI=1S/C19H16Cl2N2O3S2/c20-13-6-4-12(5-7-13)8-18(24)22-19-23(15-3-1-2-14(21)9-15)16-10-28(25,26)11-17(16)27-19/h1-7,9,16-17H,8,10-11H2/t16-,17+/m1/s1. The smallest absolute Gasteiger partial charge is 0.252 e. The number of halogens is 2. The second-order valence-electron chi connectivity index (χ2n) is 6.74. The van der Waals surface area contributed by atoms with Gasteiger partial charge < -0.3 is 4.90 Å². The third-order valence-electron chi connectivity index (χ3n) is 4.64. The molecule has 0 spiro atoms. The first-order valence-corrected chi connectivity index (χ1v) is 12.0. The number of amides is 1. The van der Waals surface area contributed by atoms with Crippen molar-refractivity contribution >= 4 is 61.6 Å². The Morgan fingerprint density at radius 3 is 2.57 bits per heavy atom. The quantitative estimate of drug-likeness (QED) is 0.704. The van der Waals surface area contributed by atoms with E-state index in [1.807, 2.05) is 11.0 Å². The summed E-state index contributed by atoms with van der Waals surface area (Å²) in [5, 5.41) is 1.52. The minimum absolute atomic E-state index is 0.0432. The van der Waals surface area contributed by atoms with Gasteiger partial charge in [-0.2, -0.15) is 4.99 Å². The second-order valence-corrected chi connectivity index (χ2v) is 11.0. The fraction of sp³-hybridized carbons (Fsp3) is 0.263. The lowest BCUT2D eigenvalue weighted by Gasteiger charge is -2.24. The summed E-state index contributed by atoms with van der Waals surface area (Å²) in [5.74, 6) is -0.162. The molecule has 4 rings (SSSR count). The molecule has 0 saturated carbocycles. The van der Waals surface area contributed by atoms with Crippen LogP contribution in [-0.2, 0) is 21.1 Å². The molecule has 2 aromatic carbocycles. The summed E-state index contributed by atoms with van der Waals surface area (Å²) in [6, 6.07) is 13.9. The first kappa shape index (κ1) is 19.8. The van der Waals surface area contributed by atoms with E-state index in [9.17, 15) is 13.2 Å². The van der Waals surface area contributed by atoms with Gasteiger partial charge in [0.1, 0.15) is 0 Å². The maximum Gasteiger partial charge on any atom is 0.252 e. The molecule has 9 heteroatoms. The summed E-state index contributed by atoms with van der Waals surface area (Å²) in [6.45, 7) is 0. The van der Waals surface area contributed by atoms with E-state index in [0.717, 1.165) is 11.3 Å². The van der Waals surface area contributed by atoms with Crippen LogP contribution >= 0.6 is 35.0 Å². The van der Waals surface area contributed by atoms with Crippen molar-refractivity contribution in [3.05, 3.63) is 64.1 Å². The third-order valence-corrected chi connectivity index (χ3v) is 8.34. The maximum atomic E-state index is 12.5. The third kappa shape index (κ3) is 4.22. The van der Waals surface area contributed by atoms with Crippen molar-refractivity contribution in [1.82, 2.24) is 0 Å². The van der Waals surface area contributed by atoms with Crippen molar-refractivity contribution in [2.75, 3.05) is 16.4 Å². The Hall–Kier alpha value is -1.54. The Labute approximate surface area is 177 Å². The molecule has 0 aliphatic carbocycles. The number of amidine groups is 1. The lowest BCUT2D eigenvalue weighted by atomic mass is 10.1. The van der Waals surface area contributed by atoms with Crippen LogP contribution < -0.4 is 4.90 Å². The van der Waals surface area contributed by atoms with Gasteiger partial charge in [-0.25, -0.2) is 8.42 Å². The number of anilines is 1. The Balaban J connectivity index is 1.63. The molecular formula is C19H16Cl2N2O3S2. The van der Waals surface area contributed by atoms with E-state index in [-0.39, 0.29) is 35.1 Å². The zero-order chi connectivity index (χ0) is 19.9. The monoisotopic (exact) mass is 454 g/mol. The molecule has 2 heterocycles. The molecule has 2 aliphatic rings. The van der Waals surface area contributed by atoms with E-state index in [1.165, 1.54) is 11.8 Å². The molecular weight excluding hydrogens is 439 g/mol. The Morgan fingerprint density at radius 1 is 1.11 bits per heavy atom. The van der Waals surface area contributed by atoms with Gasteiger partial charge in [0, 0.05) is 21.0 Å². The minimum Gasteiger partial charge on any atom is -0.316 e. The largest absolute Gasteiger partial charge is 0.316 e. The fourth-order valence-corrected chi connectivity index (χ4v) is 7.66. The van der Waals surface area contributed by atoms with Gasteiger partial charge in [-0.05, 0) is 35.9 Å². The van der Waals surface area contributed by atoms with Gasteiger partial charge in [0.05, 0.1) is 24.0 Å². The van der Waals surface area contributed by atoms with E-state index < -0.39 is 9.84 Å². The minimum atomic E-state index is -3.11. The molecule has 2 fully saturated rings. The predicted molar refractivity (Wildman–Crippen MR) is 115 cm³/mol. The van der Waals surface area contributed by atoms with E-state index >= 15 is 0 Å². The molecule has 0 bridgehead atoms. The molecule has 2 atom stereocenters. The van der Waals surface area contributed by atoms with Crippen molar-refractivity contribution < 1.29 is 13.2 Å². The predicted octanol–water partition coefficient (Wildman–Crippen LogP) is 3.84. The fourth-order valence-electron chi connectivity index (χ4n) is 3.42. The number of aliphatic imine (C=N–C) groups is 1. The van der Waals surface area contributed by atoms with Gasteiger partial charge >= 0.3 is 0 Å². The number of fused-ring (bicyclic) bond motifs is 1. The molecule has 146 valence electrons. The Bertz CT molecular complexity index is 1060. The van der Waals surface area contributed by atoms with Gasteiger partial charge in [-0.3, -0.25) is 4.79 Å². The van der Waals surface area contributed by atoms with Gasteiger partial charge in [0.15, 0.2) is 15.0 Å². The van der Waals surface area contributed by atoms with Crippen LogP contribution in [0.4, 0.5) is 5.69 Å². The number of carbonyl (C=O) groups is 1. The van der Waals surface area contributed by atoms with Gasteiger partial charge in [0.2, 0.25) is 0 Å². The van der Waals surface area contributed by atoms with E-state index in [2.05, 4.69) is 4.99 Å². The highest BCUT2D eigenvalue weighted by molar-refractivity contribution is 8.16. The number of benzene rings is 2. The molecule has 0 aromatic heterocycles. The molecule has 2 aliphatic heterocycles. The molecule has 2 saturated heterocycles. The van der Waals surface area contributed by atoms with Crippen molar-refractivity contribution in [2.24, 2.45) is 4.99 Å². The first-order chi connectivity index (χ1) is 13.3. The van der Waals surface area contributed by atoms with Crippen LogP contribution in [0.1, 0.15) is 5.56 Å². The topological polar surface area (TPSA) is 66.8 Å². The first-order valence-electron chi connectivity index (χ1n) is 8.58. The number of sulfone groups is 1. The highest BCUT2D eigenvalue weighted by atomic mass is 35.5. The Morgan fingerprint density at radius 2 is 1.86 bits per heavy atom. The van der Waals surface area contributed by atoms with Crippen LogP contribution in [0.5, 0.6) is 0 Å². The number of hydrogen-bond donors (Lipinski definition) is 0. The van der Waals surface area contributed by atoms with Crippen molar-refractivity contribution in [3.8, 4) is 0 Å². The van der Waals surface area contributed by atoms with Crippen molar-refractivity contribution in [1.29, 1.82) is 0 Å². The molecule has 0 unspecified atom stereocenters.